The lowest BCUT2D eigenvalue weighted by Crippen LogP contribution is -2.31. The second-order valence-corrected chi connectivity index (χ2v) is 6.37. The molecule has 0 aromatic heterocycles. The van der Waals surface area contributed by atoms with Gasteiger partial charge in [0.05, 0.1) is 0 Å². The third-order valence-corrected chi connectivity index (χ3v) is 3.10. The molecule has 0 saturated carbocycles. The normalized spacial score (nSPS) is 13.4. The smallest absolute Gasteiger partial charge is 0.130 e. The Hall–Kier alpha value is -1.09. The Bertz CT molecular complexity index is 410. The minimum Gasteiger partial charge on any atom is -0.374 e. The minimum atomic E-state index is -0.133. The number of halogens is 1. The summed E-state index contributed by atoms with van der Waals surface area (Å²) in [4.78, 5) is 2.15. The van der Waals surface area contributed by atoms with Gasteiger partial charge in [-0.1, -0.05) is 33.8 Å². The van der Waals surface area contributed by atoms with Crippen molar-refractivity contribution in [2.45, 2.75) is 40.7 Å². The van der Waals surface area contributed by atoms with Crippen molar-refractivity contribution >= 4 is 5.69 Å². The summed E-state index contributed by atoms with van der Waals surface area (Å²) in [6.45, 7) is 12.3. The summed E-state index contributed by atoms with van der Waals surface area (Å²) in [6, 6.07) is 5.34. The van der Waals surface area contributed by atoms with Crippen LogP contribution < -0.4 is 10.2 Å². The van der Waals surface area contributed by atoms with Crippen molar-refractivity contribution in [1.29, 1.82) is 0 Å². The molecule has 0 fully saturated rings. The van der Waals surface area contributed by atoms with E-state index in [-0.39, 0.29) is 17.3 Å². The average Bonchev–Trinajstić information content (AvgIpc) is 2.26. The second-order valence-electron chi connectivity index (χ2n) is 6.37. The molecular formula is C16H27FN2. The number of hydrogen-bond donors (Lipinski definition) is 1. The average molecular weight is 266 g/mol. The fourth-order valence-corrected chi connectivity index (χ4v) is 2.49. The van der Waals surface area contributed by atoms with Gasteiger partial charge in [0.15, 0.2) is 0 Å². The molecule has 0 aliphatic heterocycles. The predicted molar refractivity (Wildman–Crippen MR) is 81.2 cm³/mol. The van der Waals surface area contributed by atoms with Gasteiger partial charge >= 0.3 is 0 Å². The zero-order chi connectivity index (χ0) is 14.6. The van der Waals surface area contributed by atoms with Crippen LogP contribution in [0.4, 0.5) is 10.1 Å². The van der Waals surface area contributed by atoms with E-state index >= 15 is 0 Å². The SMILES string of the molecule is CCNC(C)c1c(F)cccc1N(C)CC(C)(C)C. The van der Waals surface area contributed by atoms with E-state index in [4.69, 9.17) is 0 Å². The van der Waals surface area contributed by atoms with E-state index in [9.17, 15) is 4.39 Å². The molecule has 0 heterocycles. The Morgan fingerprint density at radius 3 is 2.47 bits per heavy atom. The lowest BCUT2D eigenvalue weighted by atomic mass is 9.95. The van der Waals surface area contributed by atoms with Crippen LogP contribution in [0.5, 0.6) is 0 Å². The molecule has 19 heavy (non-hydrogen) atoms. The van der Waals surface area contributed by atoms with E-state index < -0.39 is 0 Å². The van der Waals surface area contributed by atoms with Crippen LogP contribution in [0, 0.1) is 11.2 Å². The molecule has 108 valence electrons. The first kappa shape index (κ1) is 16.0. The Morgan fingerprint density at radius 2 is 1.95 bits per heavy atom. The quantitative estimate of drug-likeness (QED) is 0.867. The molecule has 1 atom stereocenters. The topological polar surface area (TPSA) is 15.3 Å². The Kier molecular flexibility index (Phi) is 5.36. The minimum absolute atomic E-state index is 0.0172. The standard InChI is InChI=1S/C16H27FN2/c1-7-18-12(2)15-13(17)9-8-10-14(15)19(6)11-16(3,4)5/h8-10,12,18H,7,11H2,1-6H3. The van der Waals surface area contributed by atoms with E-state index in [2.05, 4.69) is 31.0 Å². The van der Waals surface area contributed by atoms with Crippen molar-refractivity contribution in [3.8, 4) is 0 Å². The fourth-order valence-electron chi connectivity index (χ4n) is 2.49. The van der Waals surface area contributed by atoms with Gasteiger partial charge in [-0.05, 0) is 31.0 Å². The molecule has 0 aliphatic carbocycles. The Labute approximate surface area is 117 Å². The highest BCUT2D eigenvalue weighted by Crippen LogP contribution is 2.30. The zero-order valence-electron chi connectivity index (χ0n) is 13.0. The van der Waals surface area contributed by atoms with Crippen LogP contribution in [0.1, 0.15) is 46.2 Å². The maximum Gasteiger partial charge on any atom is 0.130 e. The summed E-state index contributed by atoms with van der Waals surface area (Å²) in [5.41, 5.74) is 1.92. The van der Waals surface area contributed by atoms with E-state index in [0.717, 1.165) is 24.3 Å². The molecule has 0 aliphatic rings. The van der Waals surface area contributed by atoms with Gasteiger partial charge in [-0.15, -0.1) is 0 Å². The lowest BCUT2D eigenvalue weighted by molar-refractivity contribution is 0.417. The molecule has 0 amide bonds. The summed E-state index contributed by atoms with van der Waals surface area (Å²) in [7, 11) is 2.03. The molecule has 3 heteroatoms. The number of nitrogens with one attached hydrogen (secondary N) is 1. The second kappa shape index (κ2) is 6.38. The molecule has 0 radical (unpaired) electrons. The van der Waals surface area contributed by atoms with Crippen molar-refractivity contribution in [1.82, 2.24) is 5.32 Å². The zero-order valence-corrected chi connectivity index (χ0v) is 13.0. The van der Waals surface area contributed by atoms with Crippen LogP contribution in [0.15, 0.2) is 18.2 Å². The van der Waals surface area contributed by atoms with E-state index in [1.807, 2.05) is 27.0 Å². The van der Waals surface area contributed by atoms with Crippen LogP contribution in [0.25, 0.3) is 0 Å². The van der Waals surface area contributed by atoms with Gasteiger partial charge in [-0.25, -0.2) is 4.39 Å². The molecule has 2 nitrogen and oxygen atoms in total. The molecule has 1 rings (SSSR count). The first-order valence-electron chi connectivity index (χ1n) is 6.99. The fraction of sp³-hybridized carbons (Fsp3) is 0.625. The van der Waals surface area contributed by atoms with E-state index in [1.165, 1.54) is 6.07 Å². The number of anilines is 1. The third kappa shape index (κ3) is 4.50. The summed E-state index contributed by atoms with van der Waals surface area (Å²) in [6.07, 6.45) is 0. The highest BCUT2D eigenvalue weighted by atomic mass is 19.1. The van der Waals surface area contributed by atoms with Gasteiger partial charge in [0.2, 0.25) is 0 Å². The third-order valence-electron chi connectivity index (χ3n) is 3.10. The highest BCUT2D eigenvalue weighted by molar-refractivity contribution is 5.55. The highest BCUT2D eigenvalue weighted by Gasteiger charge is 2.20. The molecule has 1 N–H and O–H groups in total. The number of benzene rings is 1. The molecule has 0 bridgehead atoms. The van der Waals surface area contributed by atoms with E-state index in [1.54, 1.807) is 6.07 Å². The van der Waals surface area contributed by atoms with Crippen molar-refractivity contribution in [2.75, 3.05) is 25.0 Å². The van der Waals surface area contributed by atoms with Crippen LogP contribution >= 0.6 is 0 Å². The number of rotatable bonds is 5. The first-order valence-corrected chi connectivity index (χ1v) is 6.99. The van der Waals surface area contributed by atoms with Gasteiger partial charge in [-0.2, -0.15) is 0 Å². The van der Waals surface area contributed by atoms with Gasteiger partial charge in [0.25, 0.3) is 0 Å². The maximum absolute atomic E-state index is 14.2. The van der Waals surface area contributed by atoms with Gasteiger partial charge in [0, 0.05) is 30.9 Å². The van der Waals surface area contributed by atoms with Gasteiger partial charge < -0.3 is 10.2 Å². The van der Waals surface area contributed by atoms with Crippen LogP contribution in [-0.4, -0.2) is 20.1 Å². The molecule has 1 aromatic rings. The van der Waals surface area contributed by atoms with Crippen LogP contribution in [0.3, 0.4) is 0 Å². The largest absolute Gasteiger partial charge is 0.374 e. The molecule has 1 unspecified atom stereocenters. The Morgan fingerprint density at radius 1 is 1.32 bits per heavy atom. The van der Waals surface area contributed by atoms with Crippen molar-refractivity contribution in [2.24, 2.45) is 5.41 Å². The summed E-state index contributed by atoms with van der Waals surface area (Å²) in [5, 5.41) is 3.29. The molecule has 0 spiro atoms. The van der Waals surface area contributed by atoms with Gasteiger partial charge in [-0.3, -0.25) is 0 Å². The predicted octanol–water partition coefficient (Wildman–Crippen LogP) is 3.98. The summed E-state index contributed by atoms with van der Waals surface area (Å²) < 4.78 is 14.2. The lowest BCUT2D eigenvalue weighted by Gasteiger charge is -2.31. The monoisotopic (exact) mass is 266 g/mol. The van der Waals surface area contributed by atoms with Crippen molar-refractivity contribution < 1.29 is 4.39 Å². The molecule has 1 aromatic carbocycles. The summed E-state index contributed by atoms with van der Waals surface area (Å²) in [5.74, 6) is -0.133. The maximum atomic E-state index is 14.2. The summed E-state index contributed by atoms with van der Waals surface area (Å²) >= 11 is 0. The Balaban J connectivity index is 3.09. The molecular weight excluding hydrogens is 239 g/mol. The van der Waals surface area contributed by atoms with E-state index in [0.29, 0.717) is 0 Å². The molecule has 0 saturated heterocycles. The van der Waals surface area contributed by atoms with Crippen LogP contribution in [0.2, 0.25) is 0 Å². The van der Waals surface area contributed by atoms with Gasteiger partial charge in [0.1, 0.15) is 5.82 Å². The van der Waals surface area contributed by atoms with Crippen molar-refractivity contribution in [3.05, 3.63) is 29.6 Å². The first-order chi connectivity index (χ1) is 8.76. The number of nitrogens with zero attached hydrogens (tertiary/aromatic N) is 1. The number of hydrogen-bond acceptors (Lipinski definition) is 2. The van der Waals surface area contributed by atoms with Crippen molar-refractivity contribution in [3.63, 3.8) is 0 Å². The van der Waals surface area contributed by atoms with Crippen LogP contribution in [-0.2, 0) is 0 Å².